The Balaban J connectivity index is 0.00000144. The molecule has 0 radical (unpaired) electrons. The van der Waals surface area contributed by atoms with Crippen LogP contribution < -0.4 is 5.32 Å². The molecule has 1 atom stereocenters. The van der Waals surface area contributed by atoms with Crippen LogP contribution in [0.5, 0.6) is 0 Å². The third kappa shape index (κ3) is 4.02. The first-order valence-corrected chi connectivity index (χ1v) is 5.44. The molecule has 1 aliphatic rings. The van der Waals surface area contributed by atoms with Gasteiger partial charge in [-0.15, -0.1) is 24.8 Å². The van der Waals surface area contributed by atoms with Gasteiger partial charge in [0.25, 0.3) is 0 Å². The Morgan fingerprint density at radius 3 is 2.56 bits per heavy atom. The molecule has 0 aromatic carbocycles. The van der Waals surface area contributed by atoms with Crippen molar-refractivity contribution in [3.05, 3.63) is 29.8 Å². The minimum absolute atomic E-state index is 0. The van der Waals surface area contributed by atoms with Crippen molar-refractivity contribution in [3.63, 3.8) is 0 Å². The second kappa shape index (κ2) is 8.58. The van der Waals surface area contributed by atoms with Crippen LogP contribution in [-0.4, -0.2) is 42.7 Å². The number of nitrogens with zero attached hydrogens (tertiary/aromatic N) is 2. The summed E-state index contributed by atoms with van der Waals surface area (Å²) in [5.41, 5.74) is 0.354. The Labute approximate surface area is 118 Å². The van der Waals surface area contributed by atoms with Crippen LogP contribution in [0.1, 0.15) is 11.6 Å². The predicted molar refractivity (Wildman–Crippen MR) is 71.8 cm³/mol. The van der Waals surface area contributed by atoms with Gasteiger partial charge in [-0.2, -0.15) is 4.39 Å². The Morgan fingerprint density at radius 2 is 2.00 bits per heavy atom. The van der Waals surface area contributed by atoms with Gasteiger partial charge in [0.15, 0.2) is 0 Å². The van der Waals surface area contributed by atoms with Crippen molar-refractivity contribution in [1.29, 1.82) is 0 Å². The van der Waals surface area contributed by atoms with Crippen LogP contribution in [0.15, 0.2) is 18.3 Å². The number of piperazine rings is 1. The first-order chi connectivity index (χ1) is 7.83. The lowest BCUT2D eigenvalue weighted by Crippen LogP contribution is -2.45. The third-order valence-corrected chi connectivity index (χ3v) is 2.89. The van der Waals surface area contributed by atoms with Gasteiger partial charge < -0.3 is 5.32 Å². The van der Waals surface area contributed by atoms with Crippen LogP contribution >= 0.6 is 24.8 Å². The molecule has 1 saturated heterocycles. The van der Waals surface area contributed by atoms with Crippen LogP contribution in [0.3, 0.4) is 0 Å². The maximum atomic E-state index is 13.5. The summed E-state index contributed by atoms with van der Waals surface area (Å²) in [6, 6.07) is 2.74. The van der Waals surface area contributed by atoms with E-state index in [0.29, 0.717) is 5.56 Å². The topological polar surface area (TPSA) is 28.2 Å². The van der Waals surface area contributed by atoms with E-state index in [9.17, 15) is 8.78 Å². The van der Waals surface area contributed by atoms with Gasteiger partial charge in [0.05, 0.1) is 6.04 Å². The molecule has 1 fully saturated rings. The van der Waals surface area contributed by atoms with Crippen molar-refractivity contribution in [2.75, 3.05) is 32.9 Å². The number of alkyl halides is 1. The highest BCUT2D eigenvalue weighted by molar-refractivity contribution is 5.85. The average Bonchev–Trinajstić information content (AvgIpc) is 2.34. The zero-order valence-electron chi connectivity index (χ0n) is 9.81. The van der Waals surface area contributed by atoms with Gasteiger partial charge >= 0.3 is 0 Å². The molecule has 7 heteroatoms. The molecule has 1 aromatic heterocycles. The Hall–Kier alpha value is -0.490. The lowest BCUT2D eigenvalue weighted by molar-refractivity contribution is 0.144. The van der Waals surface area contributed by atoms with Crippen molar-refractivity contribution in [2.45, 2.75) is 6.04 Å². The van der Waals surface area contributed by atoms with Crippen molar-refractivity contribution in [1.82, 2.24) is 15.2 Å². The molecule has 0 spiro atoms. The summed E-state index contributed by atoms with van der Waals surface area (Å²) in [6.45, 7) is 2.53. The second-order valence-electron chi connectivity index (χ2n) is 3.84. The first-order valence-electron chi connectivity index (χ1n) is 5.44. The van der Waals surface area contributed by atoms with Crippen LogP contribution in [0, 0.1) is 5.95 Å². The second-order valence-corrected chi connectivity index (χ2v) is 3.84. The highest BCUT2D eigenvalue weighted by Crippen LogP contribution is 2.22. The molecule has 0 aliphatic carbocycles. The normalized spacial score (nSPS) is 17.4. The van der Waals surface area contributed by atoms with Crippen LogP contribution in [0.4, 0.5) is 8.78 Å². The Kier molecular flexibility index (Phi) is 8.35. The molecule has 2 heterocycles. The first kappa shape index (κ1) is 17.5. The molecule has 0 unspecified atom stereocenters. The molecule has 0 amide bonds. The SMILES string of the molecule is Cl.Cl.FC[C@H](c1cccnc1F)N1CCNCC1. The molecule has 1 aliphatic heterocycles. The van der Waals surface area contributed by atoms with Crippen LogP contribution in [0.25, 0.3) is 0 Å². The maximum absolute atomic E-state index is 13.5. The molecule has 104 valence electrons. The standard InChI is InChI=1S/C11H15F2N3.2ClH/c12-8-10(16-6-4-14-5-7-16)9-2-1-3-15-11(9)13;;/h1-3,10,14H,4-8H2;2*1H/t10-;;/m1../s1. The Bertz CT molecular complexity index is 349. The quantitative estimate of drug-likeness (QED) is 0.865. The maximum Gasteiger partial charge on any atom is 0.217 e. The smallest absolute Gasteiger partial charge is 0.217 e. The summed E-state index contributed by atoms with van der Waals surface area (Å²) in [6.07, 6.45) is 1.38. The van der Waals surface area contributed by atoms with E-state index in [4.69, 9.17) is 0 Å². The van der Waals surface area contributed by atoms with E-state index in [1.54, 1.807) is 12.1 Å². The number of nitrogens with one attached hydrogen (secondary N) is 1. The molecule has 18 heavy (non-hydrogen) atoms. The van der Waals surface area contributed by atoms with Crippen LogP contribution in [0.2, 0.25) is 0 Å². The molecule has 1 aromatic rings. The summed E-state index contributed by atoms with van der Waals surface area (Å²) < 4.78 is 26.5. The lowest BCUT2D eigenvalue weighted by atomic mass is 10.1. The third-order valence-electron chi connectivity index (χ3n) is 2.89. The van der Waals surface area contributed by atoms with E-state index in [1.165, 1.54) is 6.20 Å². The van der Waals surface area contributed by atoms with E-state index in [1.807, 2.05) is 4.90 Å². The predicted octanol–water partition coefficient (Wildman–Crippen LogP) is 1.98. The molecule has 1 N–H and O–H groups in total. The summed E-state index contributed by atoms with van der Waals surface area (Å²) in [5.74, 6) is -0.566. The fraction of sp³-hybridized carbons (Fsp3) is 0.545. The van der Waals surface area contributed by atoms with Crippen molar-refractivity contribution >= 4 is 24.8 Å². The summed E-state index contributed by atoms with van der Waals surface area (Å²) in [5, 5.41) is 3.19. The fourth-order valence-corrected chi connectivity index (χ4v) is 2.02. The molecule has 0 bridgehead atoms. The zero-order valence-corrected chi connectivity index (χ0v) is 11.4. The fourth-order valence-electron chi connectivity index (χ4n) is 2.02. The van der Waals surface area contributed by atoms with Gasteiger partial charge in [0.2, 0.25) is 5.95 Å². The number of halogens is 4. The number of aromatic nitrogens is 1. The van der Waals surface area contributed by atoms with E-state index in [0.717, 1.165) is 26.2 Å². The highest BCUT2D eigenvalue weighted by atomic mass is 35.5. The monoisotopic (exact) mass is 299 g/mol. The summed E-state index contributed by atoms with van der Waals surface area (Å²) in [7, 11) is 0. The van der Waals surface area contributed by atoms with Crippen molar-refractivity contribution < 1.29 is 8.78 Å². The molecule has 0 saturated carbocycles. The summed E-state index contributed by atoms with van der Waals surface area (Å²) in [4.78, 5) is 5.52. The minimum Gasteiger partial charge on any atom is -0.314 e. The van der Waals surface area contributed by atoms with E-state index < -0.39 is 18.7 Å². The molecular formula is C11H17Cl2F2N3. The highest BCUT2D eigenvalue weighted by Gasteiger charge is 2.24. The van der Waals surface area contributed by atoms with Crippen molar-refractivity contribution in [2.24, 2.45) is 0 Å². The summed E-state index contributed by atoms with van der Waals surface area (Å²) >= 11 is 0. The zero-order chi connectivity index (χ0) is 11.4. The van der Waals surface area contributed by atoms with Crippen LogP contribution in [-0.2, 0) is 0 Å². The van der Waals surface area contributed by atoms with E-state index >= 15 is 0 Å². The van der Waals surface area contributed by atoms with Gasteiger partial charge in [-0.3, -0.25) is 4.90 Å². The number of hydrogen-bond acceptors (Lipinski definition) is 3. The minimum atomic E-state index is -0.581. The van der Waals surface area contributed by atoms with Gasteiger partial charge in [-0.1, -0.05) is 6.07 Å². The largest absolute Gasteiger partial charge is 0.314 e. The average molecular weight is 300 g/mol. The number of pyridine rings is 1. The molecular weight excluding hydrogens is 283 g/mol. The number of hydrogen-bond donors (Lipinski definition) is 1. The molecule has 2 rings (SSSR count). The van der Waals surface area contributed by atoms with Gasteiger partial charge in [-0.05, 0) is 6.07 Å². The van der Waals surface area contributed by atoms with E-state index in [2.05, 4.69) is 10.3 Å². The van der Waals surface area contributed by atoms with Crippen molar-refractivity contribution in [3.8, 4) is 0 Å². The van der Waals surface area contributed by atoms with Gasteiger partial charge in [0.1, 0.15) is 6.67 Å². The Morgan fingerprint density at radius 1 is 1.33 bits per heavy atom. The number of rotatable bonds is 3. The molecule has 3 nitrogen and oxygen atoms in total. The van der Waals surface area contributed by atoms with Gasteiger partial charge in [0, 0.05) is 37.9 Å². The van der Waals surface area contributed by atoms with Gasteiger partial charge in [-0.25, -0.2) is 9.37 Å². The van der Waals surface area contributed by atoms with E-state index in [-0.39, 0.29) is 24.8 Å². The lowest BCUT2D eigenvalue weighted by Gasteiger charge is -2.33.